The van der Waals surface area contributed by atoms with Crippen LogP contribution in [-0.2, 0) is 14.3 Å². The standard InChI is InChI=1S/C24H34N4O3.C3H8O.C2H2/c1-14(2)24(5)11-18(16-8-6-7-9-19(16)31-24)26-21(30)17-10-15(17)13-28-20(29)12-23(3,4)27-22(28)25;1-3-4-2;1-2/h6-9,14-15,17-18H,10-13H2,1-5H3,(H2,25,27)(H,26,30);3H2,1-2H3;1-2H/t15-,17?,18+,24?;;/m1../s1. The summed E-state index contributed by atoms with van der Waals surface area (Å²) in [6.45, 7) is 13.4. The lowest BCUT2D eigenvalue weighted by molar-refractivity contribution is -0.130. The van der Waals surface area contributed by atoms with Gasteiger partial charge in [-0.25, -0.2) is 4.99 Å². The summed E-state index contributed by atoms with van der Waals surface area (Å²) in [7, 11) is 1.68. The zero-order chi connectivity index (χ0) is 28.0. The maximum atomic E-state index is 13.1. The number of nitrogens with one attached hydrogen (secondary N) is 1. The van der Waals surface area contributed by atoms with E-state index in [4.69, 9.17) is 10.5 Å². The third-order valence-corrected chi connectivity index (χ3v) is 7.33. The van der Waals surface area contributed by atoms with Gasteiger partial charge in [-0.1, -0.05) is 32.0 Å². The van der Waals surface area contributed by atoms with Crippen LogP contribution in [-0.4, -0.2) is 54.1 Å². The molecule has 1 fully saturated rings. The van der Waals surface area contributed by atoms with Crippen molar-refractivity contribution in [2.45, 2.75) is 78.0 Å². The van der Waals surface area contributed by atoms with Gasteiger partial charge in [-0.15, -0.1) is 12.8 Å². The number of rotatable bonds is 6. The average molecular weight is 513 g/mol. The molecule has 1 aliphatic carbocycles. The predicted octanol–water partition coefficient (Wildman–Crippen LogP) is 3.90. The minimum Gasteiger partial charge on any atom is -0.487 e. The quantitative estimate of drug-likeness (QED) is 0.562. The van der Waals surface area contributed by atoms with E-state index in [0.717, 1.165) is 30.8 Å². The molecule has 3 aliphatic rings. The van der Waals surface area contributed by atoms with Crippen molar-refractivity contribution >= 4 is 17.8 Å². The van der Waals surface area contributed by atoms with E-state index in [2.05, 4.69) is 48.7 Å². The number of amides is 2. The molecule has 1 saturated carbocycles. The molecule has 0 radical (unpaired) electrons. The van der Waals surface area contributed by atoms with E-state index in [1.807, 2.05) is 45.0 Å². The van der Waals surface area contributed by atoms with Crippen LogP contribution < -0.4 is 15.8 Å². The Morgan fingerprint density at radius 3 is 2.49 bits per heavy atom. The number of para-hydroxylation sites is 1. The van der Waals surface area contributed by atoms with E-state index < -0.39 is 5.54 Å². The monoisotopic (exact) mass is 512 g/mol. The number of ether oxygens (including phenoxy) is 2. The van der Waals surface area contributed by atoms with Crippen LogP contribution >= 0.6 is 0 Å². The number of benzene rings is 1. The molecule has 1 aromatic carbocycles. The van der Waals surface area contributed by atoms with Crippen molar-refractivity contribution in [2.75, 3.05) is 20.3 Å². The SMILES string of the molecule is C#C.CC(C)C1(C)C[C@H](NC(=O)C2C[C@@H]2CN2C(=O)CC(C)(C)N=C2N)c2ccccc2O1.CCOC. The summed E-state index contributed by atoms with van der Waals surface area (Å²) in [4.78, 5) is 31.5. The van der Waals surface area contributed by atoms with E-state index in [9.17, 15) is 9.59 Å². The maximum Gasteiger partial charge on any atom is 0.231 e. The van der Waals surface area contributed by atoms with E-state index in [-0.39, 0.29) is 41.3 Å². The van der Waals surface area contributed by atoms with E-state index in [0.29, 0.717) is 18.9 Å². The number of guanidine groups is 1. The van der Waals surface area contributed by atoms with Crippen molar-refractivity contribution < 1.29 is 19.1 Å². The molecule has 0 aromatic heterocycles. The molecular formula is C29H44N4O4. The molecule has 2 aliphatic heterocycles. The van der Waals surface area contributed by atoms with Crippen LogP contribution in [0.25, 0.3) is 0 Å². The summed E-state index contributed by atoms with van der Waals surface area (Å²) >= 11 is 0. The third kappa shape index (κ3) is 7.48. The zero-order valence-electron chi connectivity index (χ0n) is 23.4. The third-order valence-electron chi connectivity index (χ3n) is 7.33. The molecule has 8 nitrogen and oxygen atoms in total. The number of carbonyl (C=O) groups excluding carboxylic acids is 2. The van der Waals surface area contributed by atoms with Crippen molar-refractivity contribution in [3.63, 3.8) is 0 Å². The van der Waals surface area contributed by atoms with Crippen LogP contribution in [0, 0.1) is 30.6 Å². The first-order valence-corrected chi connectivity index (χ1v) is 13.0. The van der Waals surface area contributed by atoms with Gasteiger partial charge < -0.3 is 20.5 Å². The summed E-state index contributed by atoms with van der Waals surface area (Å²) in [5.41, 5.74) is 6.27. The Balaban J connectivity index is 0.000000733. The van der Waals surface area contributed by atoms with E-state index in [1.165, 1.54) is 0 Å². The van der Waals surface area contributed by atoms with Gasteiger partial charge in [-0.05, 0) is 52.0 Å². The lowest BCUT2D eigenvalue weighted by Gasteiger charge is -2.42. The smallest absolute Gasteiger partial charge is 0.231 e. The van der Waals surface area contributed by atoms with Crippen molar-refractivity contribution in [1.29, 1.82) is 0 Å². The second-order valence-electron chi connectivity index (χ2n) is 11.0. The molecular weight excluding hydrogens is 468 g/mol. The molecule has 2 amide bonds. The Morgan fingerprint density at radius 1 is 1.30 bits per heavy atom. The highest BCUT2D eigenvalue weighted by Crippen LogP contribution is 2.45. The Hall–Kier alpha value is -3.05. The van der Waals surface area contributed by atoms with Gasteiger partial charge >= 0.3 is 0 Å². The Bertz CT molecular complexity index is 1000. The van der Waals surface area contributed by atoms with E-state index >= 15 is 0 Å². The minimum atomic E-state index is -0.461. The van der Waals surface area contributed by atoms with Gasteiger partial charge in [-0.3, -0.25) is 14.5 Å². The Morgan fingerprint density at radius 2 is 1.92 bits per heavy atom. The number of nitrogens with two attached hydrogens (primary N) is 1. The van der Waals surface area contributed by atoms with Gasteiger partial charge in [0.25, 0.3) is 0 Å². The normalized spacial score (nSPS) is 27.3. The van der Waals surface area contributed by atoms with Gasteiger partial charge in [0.2, 0.25) is 11.8 Å². The van der Waals surface area contributed by atoms with Crippen LogP contribution in [0.15, 0.2) is 29.3 Å². The van der Waals surface area contributed by atoms with Crippen molar-refractivity contribution in [2.24, 2.45) is 28.5 Å². The molecule has 0 bridgehead atoms. The molecule has 8 heteroatoms. The van der Waals surface area contributed by atoms with Crippen molar-refractivity contribution in [3.8, 4) is 18.6 Å². The highest BCUT2D eigenvalue weighted by molar-refractivity contribution is 5.99. The molecule has 0 spiro atoms. The lowest BCUT2D eigenvalue weighted by atomic mass is 9.81. The molecule has 1 aromatic rings. The summed E-state index contributed by atoms with van der Waals surface area (Å²) in [6.07, 6.45) is 9.83. The van der Waals surface area contributed by atoms with Crippen LogP contribution in [0.1, 0.15) is 72.4 Å². The first-order chi connectivity index (χ1) is 17.4. The van der Waals surface area contributed by atoms with Gasteiger partial charge in [0, 0.05) is 38.2 Å². The first kappa shape index (κ1) is 30.2. The van der Waals surface area contributed by atoms with Gasteiger partial charge in [0.15, 0.2) is 5.96 Å². The Kier molecular flexibility index (Phi) is 10.2. The van der Waals surface area contributed by atoms with Crippen molar-refractivity contribution in [3.05, 3.63) is 29.8 Å². The maximum absolute atomic E-state index is 13.1. The van der Waals surface area contributed by atoms with Gasteiger partial charge in [0.1, 0.15) is 11.4 Å². The van der Waals surface area contributed by atoms with Gasteiger partial charge in [0.05, 0.1) is 18.0 Å². The molecule has 4 atom stereocenters. The second-order valence-corrected chi connectivity index (χ2v) is 11.0. The number of fused-ring (bicyclic) bond motifs is 1. The summed E-state index contributed by atoms with van der Waals surface area (Å²) < 4.78 is 10.8. The molecule has 3 N–H and O–H groups in total. The molecule has 2 unspecified atom stereocenters. The fourth-order valence-electron chi connectivity index (χ4n) is 4.63. The zero-order valence-corrected chi connectivity index (χ0v) is 23.4. The number of aliphatic imine (C=N–C) groups is 1. The van der Waals surface area contributed by atoms with Crippen LogP contribution in [0.2, 0.25) is 0 Å². The number of terminal acetylenes is 1. The molecule has 4 rings (SSSR count). The summed E-state index contributed by atoms with van der Waals surface area (Å²) in [6, 6.07) is 7.85. The second kappa shape index (κ2) is 12.5. The minimum absolute atomic E-state index is 0.0189. The van der Waals surface area contributed by atoms with Crippen LogP contribution in [0.4, 0.5) is 0 Å². The topological polar surface area (TPSA) is 106 Å². The highest BCUT2D eigenvalue weighted by Gasteiger charge is 2.48. The predicted molar refractivity (Wildman–Crippen MR) is 147 cm³/mol. The number of carbonyl (C=O) groups is 2. The van der Waals surface area contributed by atoms with Gasteiger partial charge in [-0.2, -0.15) is 0 Å². The van der Waals surface area contributed by atoms with Crippen molar-refractivity contribution in [1.82, 2.24) is 10.2 Å². The molecule has 0 saturated heterocycles. The average Bonchev–Trinajstić information content (AvgIpc) is 3.62. The molecule has 37 heavy (non-hydrogen) atoms. The molecule has 204 valence electrons. The number of nitrogens with zero attached hydrogens (tertiary/aromatic N) is 2. The summed E-state index contributed by atoms with van der Waals surface area (Å²) in [5, 5.41) is 3.27. The largest absolute Gasteiger partial charge is 0.487 e. The first-order valence-electron chi connectivity index (χ1n) is 13.0. The van der Waals surface area contributed by atoms with E-state index in [1.54, 1.807) is 12.0 Å². The fourth-order valence-corrected chi connectivity index (χ4v) is 4.63. The Labute approximate surface area is 222 Å². The number of methoxy groups -OCH3 is 1. The lowest BCUT2D eigenvalue weighted by Crippen LogP contribution is -2.50. The highest BCUT2D eigenvalue weighted by atomic mass is 16.5. The number of hydrogen-bond acceptors (Lipinski definition) is 6. The fraction of sp³-hybridized carbons (Fsp3) is 0.621. The summed E-state index contributed by atoms with van der Waals surface area (Å²) in [5.74, 6) is 1.45. The van der Waals surface area contributed by atoms with Crippen LogP contribution in [0.3, 0.4) is 0 Å². The number of hydrogen-bond donors (Lipinski definition) is 2. The van der Waals surface area contributed by atoms with Crippen LogP contribution in [0.5, 0.6) is 5.75 Å². The molecule has 2 heterocycles.